The molecule has 2 aliphatic rings. The van der Waals surface area contributed by atoms with Gasteiger partial charge in [-0.05, 0) is 19.9 Å². The first-order valence-electron chi connectivity index (χ1n) is 4.95. The fraction of sp³-hybridized carbons (Fsp3) is 0.889. The second-order valence-electron chi connectivity index (χ2n) is 4.07. The molecule has 0 aliphatic carbocycles. The zero-order chi connectivity index (χ0) is 9.31. The average molecular weight is 256 g/mol. The van der Waals surface area contributed by atoms with Gasteiger partial charge in [0.05, 0.1) is 0 Å². The summed E-state index contributed by atoms with van der Waals surface area (Å²) in [5.74, 6) is 0.201. The lowest BCUT2D eigenvalue weighted by atomic mass is 9.85. The molecular formula is C9H19Cl2N3O. The third kappa shape index (κ3) is 2.97. The van der Waals surface area contributed by atoms with Gasteiger partial charge in [0.2, 0.25) is 5.91 Å². The van der Waals surface area contributed by atoms with E-state index < -0.39 is 0 Å². The van der Waals surface area contributed by atoms with Crippen molar-refractivity contribution in [1.29, 1.82) is 0 Å². The highest BCUT2D eigenvalue weighted by atomic mass is 35.5. The molecule has 0 aromatic heterocycles. The normalized spacial score (nSPS) is 25.0. The Balaban J connectivity index is 0.000000980. The number of carbonyl (C=O) groups is 1. The van der Waals surface area contributed by atoms with Crippen molar-refractivity contribution in [1.82, 2.24) is 15.5 Å². The van der Waals surface area contributed by atoms with Crippen LogP contribution in [0.2, 0.25) is 0 Å². The minimum absolute atomic E-state index is 0. The highest BCUT2D eigenvalue weighted by Crippen LogP contribution is 2.22. The summed E-state index contributed by atoms with van der Waals surface area (Å²) >= 11 is 0. The van der Waals surface area contributed by atoms with Crippen LogP contribution in [0.15, 0.2) is 0 Å². The number of nitrogens with zero attached hydrogens (tertiary/aromatic N) is 1. The standard InChI is InChI=1S/C9H17N3O.2ClH/c1-12-6-2-9(3-7-12)8(13)10-4-5-11-9;;/h11H,2-7H2,1H3,(H,10,13);2*1H. The Kier molecular flexibility index (Phi) is 5.88. The number of piperidine rings is 1. The van der Waals surface area contributed by atoms with Gasteiger partial charge in [-0.2, -0.15) is 0 Å². The van der Waals surface area contributed by atoms with Gasteiger partial charge < -0.3 is 15.5 Å². The maximum atomic E-state index is 11.7. The molecule has 0 saturated carbocycles. The summed E-state index contributed by atoms with van der Waals surface area (Å²) < 4.78 is 0. The first-order chi connectivity index (χ1) is 6.23. The molecule has 90 valence electrons. The van der Waals surface area contributed by atoms with E-state index in [1.807, 2.05) is 0 Å². The van der Waals surface area contributed by atoms with Crippen molar-refractivity contribution in [2.45, 2.75) is 18.4 Å². The zero-order valence-electron chi connectivity index (χ0n) is 8.91. The molecule has 0 aromatic rings. The SMILES string of the molecule is CN1CCC2(CC1)NCCNC2=O.Cl.Cl. The van der Waals surface area contributed by atoms with Crippen molar-refractivity contribution in [3.05, 3.63) is 0 Å². The predicted octanol–water partition coefficient (Wildman–Crippen LogP) is 0.0138. The highest BCUT2D eigenvalue weighted by Gasteiger charge is 2.41. The average Bonchev–Trinajstić information content (AvgIpc) is 2.15. The number of hydrogen-bond donors (Lipinski definition) is 2. The van der Waals surface area contributed by atoms with Crippen molar-refractivity contribution in [3.8, 4) is 0 Å². The second kappa shape index (κ2) is 5.89. The molecule has 6 heteroatoms. The highest BCUT2D eigenvalue weighted by molar-refractivity contribution is 5.87. The lowest BCUT2D eigenvalue weighted by molar-refractivity contribution is -0.131. The van der Waals surface area contributed by atoms with Gasteiger partial charge in [-0.3, -0.25) is 4.79 Å². The molecule has 4 nitrogen and oxygen atoms in total. The molecule has 0 unspecified atom stereocenters. The monoisotopic (exact) mass is 255 g/mol. The van der Waals surface area contributed by atoms with Gasteiger partial charge in [0.1, 0.15) is 5.54 Å². The van der Waals surface area contributed by atoms with E-state index in [1.165, 1.54) is 0 Å². The fourth-order valence-electron chi connectivity index (χ4n) is 2.13. The van der Waals surface area contributed by atoms with Crippen LogP contribution in [0, 0.1) is 0 Å². The molecule has 1 amide bonds. The van der Waals surface area contributed by atoms with Crippen molar-refractivity contribution in [3.63, 3.8) is 0 Å². The minimum Gasteiger partial charge on any atom is -0.353 e. The molecule has 0 radical (unpaired) electrons. The van der Waals surface area contributed by atoms with Gasteiger partial charge in [-0.15, -0.1) is 24.8 Å². The summed E-state index contributed by atoms with van der Waals surface area (Å²) in [4.78, 5) is 14.0. The maximum absolute atomic E-state index is 11.7. The van der Waals surface area contributed by atoms with Crippen molar-refractivity contribution >= 4 is 30.7 Å². The summed E-state index contributed by atoms with van der Waals surface area (Å²) in [6.07, 6.45) is 1.88. The van der Waals surface area contributed by atoms with Crippen LogP contribution in [0.1, 0.15) is 12.8 Å². The first-order valence-corrected chi connectivity index (χ1v) is 4.95. The predicted molar refractivity (Wildman–Crippen MR) is 65.0 cm³/mol. The number of nitrogens with one attached hydrogen (secondary N) is 2. The number of likely N-dealkylation sites (tertiary alicyclic amines) is 1. The van der Waals surface area contributed by atoms with E-state index in [4.69, 9.17) is 0 Å². The van der Waals surface area contributed by atoms with Crippen LogP contribution in [0.3, 0.4) is 0 Å². The Morgan fingerprint density at radius 1 is 1.20 bits per heavy atom. The van der Waals surface area contributed by atoms with E-state index in [2.05, 4.69) is 22.6 Å². The van der Waals surface area contributed by atoms with E-state index in [-0.39, 0.29) is 36.3 Å². The van der Waals surface area contributed by atoms with E-state index in [0.717, 1.165) is 39.0 Å². The third-order valence-corrected chi connectivity index (χ3v) is 3.15. The largest absolute Gasteiger partial charge is 0.353 e. The molecule has 15 heavy (non-hydrogen) atoms. The van der Waals surface area contributed by atoms with Crippen LogP contribution in [0.5, 0.6) is 0 Å². The summed E-state index contributed by atoms with van der Waals surface area (Å²) in [6, 6.07) is 0. The zero-order valence-corrected chi connectivity index (χ0v) is 10.5. The molecule has 1 spiro atoms. The molecule has 2 aliphatic heterocycles. The quantitative estimate of drug-likeness (QED) is 0.642. The minimum atomic E-state index is -0.245. The van der Waals surface area contributed by atoms with Gasteiger partial charge in [-0.1, -0.05) is 0 Å². The lowest BCUT2D eigenvalue weighted by Crippen LogP contribution is -2.66. The van der Waals surface area contributed by atoms with Crippen molar-refractivity contribution in [2.24, 2.45) is 0 Å². The lowest BCUT2D eigenvalue weighted by Gasteiger charge is -2.42. The van der Waals surface area contributed by atoms with Gasteiger partial charge in [-0.25, -0.2) is 0 Å². The Morgan fingerprint density at radius 3 is 2.33 bits per heavy atom. The van der Waals surface area contributed by atoms with E-state index >= 15 is 0 Å². The molecule has 0 bridgehead atoms. The van der Waals surface area contributed by atoms with E-state index in [9.17, 15) is 4.79 Å². The Labute approximate surface area is 103 Å². The molecular weight excluding hydrogens is 237 g/mol. The Bertz CT molecular complexity index is 217. The molecule has 2 N–H and O–H groups in total. The number of carbonyl (C=O) groups excluding carboxylic acids is 1. The summed E-state index contributed by atoms with van der Waals surface area (Å²) in [5, 5.41) is 6.30. The molecule has 2 fully saturated rings. The van der Waals surface area contributed by atoms with Gasteiger partial charge in [0.25, 0.3) is 0 Å². The molecule has 0 atom stereocenters. The first kappa shape index (κ1) is 15.0. The second-order valence-corrected chi connectivity index (χ2v) is 4.07. The number of hydrogen-bond acceptors (Lipinski definition) is 3. The van der Waals surface area contributed by atoms with Crippen LogP contribution < -0.4 is 10.6 Å². The Hall–Kier alpha value is -0.0300. The summed E-state index contributed by atoms with van der Waals surface area (Å²) in [7, 11) is 2.10. The van der Waals surface area contributed by atoms with Crippen LogP contribution in [-0.4, -0.2) is 49.6 Å². The molecule has 2 saturated heterocycles. The van der Waals surface area contributed by atoms with Crippen LogP contribution >= 0.6 is 24.8 Å². The van der Waals surface area contributed by atoms with Crippen LogP contribution in [-0.2, 0) is 4.79 Å². The van der Waals surface area contributed by atoms with Gasteiger partial charge >= 0.3 is 0 Å². The maximum Gasteiger partial charge on any atom is 0.240 e. The van der Waals surface area contributed by atoms with Gasteiger partial charge in [0, 0.05) is 26.2 Å². The Morgan fingerprint density at radius 2 is 1.80 bits per heavy atom. The van der Waals surface area contributed by atoms with E-state index in [1.54, 1.807) is 0 Å². The number of halogens is 2. The van der Waals surface area contributed by atoms with Crippen molar-refractivity contribution < 1.29 is 4.79 Å². The molecule has 2 rings (SSSR count). The number of piperazine rings is 1. The number of amides is 1. The molecule has 2 heterocycles. The smallest absolute Gasteiger partial charge is 0.240 e. The fourth-order valence-corrected chi connectivity index (χ4v) is 2.13. The summed E-state index contributed by atoms with van der Waals surface area (Å²) in [5.41, 5.74) is -0.245. The van der Waals surface area contributed by atoms with E-state index in [0.29, 0.717) is 0 Å². The third-order valence-electron chi connectivity index (χ3n) is 3.15. The summed E-state index contributed by atoms with van der Waals surface area (Å²) in [6.45, 7) is 3.71. The van der Waals surface area contributed by atoms with Crippen LogP contribution in [0.25, 0.3) is 0 Å². The molecule has 0 aromatic carbocycles. The van der Waals surface area contributed by atoms with Crippen molar-refractivity contribution in [2.75, 3.05) is 33.2 Å². The number of rotatable bonds is 0. The van der Waals surface area contributed by atoms with Crippen LogP contribution in [0.4, 0.5) is 0 Å². The van der Waals surface area contributed by atoms with Gasteiger partial charge in [0.15, 0.2) is 0 Å². The topological polar surface area (TPSA) is 44.4 Å².